The van der Waals surface area contributed by atoms with Crippen LogP contribution in [0.4, 0.5) is 0 Å². The van der Waals surface area contributed by atoms with Crippen LogP contribution in [0.1, 0.15) is 19.8 Å². The molecule has 0 unspecified atom stereocenters. The first kappa shape index (κ1) is 26.0. The zero-order chi connectivity index (χ0) is 20.8. The molecule has 0 radical (unpaired) electrons. The predicted molar refractivity (Wildman–Crippen MR) is 121 cm³/mol. The highest BCUT2D eigenvalue weighted by Gasteiger charge is 2.49. The van der Waals surface area contributed by atoms with Gasteiger partial charge in [-0.3, -0.25) is 4.79 Å². The van der Waals surface area contributed by atoms with Gasteiger partial charge in [-0.1, -0.05) is 6.58 Å². The third-order valence-electron chi connectivity index (χ3n) is 2.97. The lowest BCUT2D eigenvalue weighted by molar-refractivity contribution is -0.117. The van der Waals surface area contributed by atoms with E-state index in [1.165, 1.54) is 0 Å². The zero-order valence-corrected chi connectivity index (χ0v) is 22.7. The molecule has 9 heteroatoms. The van der Waals surface area contributed by atoms with Crippen LogP contribution in [-0.4, -0.2) is 46.2 Å². The van der Waals surface area contributed by atoms with E-state index in [1.54, 1.807) is 6.92 Å². The topological polar surface area (TPSA) is 56.8 Å². The summed E-state index contributed by atoms with van der Waals surface area (Å²) in [7, 11) is -8.20. The number of rotatable bonds is 12. The van der Waals surface area contributed by atoms with E-state index in [0.29, 0.717) is 12.1 Å². The van der Waals surface area contributed by atoms with Gasteiger partial charge in [0, 0.05) is 18.2 Å². The molecule has 0 spiro atoms. The number of unbranched alkanes of at least 4 members (excludes halogenated alkanes) is 1. The summed E-state index contributed by atoms with van der Waals surface area (Å²) < 4.78 is 19.9. The molecule has 0 fully saturated rings. The van der Waals surface area contributed by atoms with Crippen LogP contribution in [0.2, 0.25) is 65.0 Å². The van der Waals surface area contributed by atoms with Crippen LogP contribution >= 0.6 is 0 Å². The van der Waals surface area contributed by atoms with Crippen molar-refractivity contribution in [1.29, 1.82) is 0 Å². The molecular weight excluding hydrogens is 395 g/mol. The SMILES string of the molecule is C=C(C)C(=O)NCCCC[Si](O[Si](C)(C)C)(O[Si](C)(C)C)O[Si](C)(C)C. The smallest absolute Gasteiger partial charge is 0.417 e. The van der Waals surface area contributed by atoms with Gasteiger partial charge in [0.15, 0.2) is 25.0 Å². The molecule has 1 amide bonds. The summed E-state index contributed by atoms with van der Waals surface area (Å²) in [5.74, 6) is -0.0800. The molecular formula is C17H41NO4Si4. The van der Waals surface area contributed by atoms with Gasteiger partial charge in [-0.2, -0.15) is 0 Å². The molecule has 0 rings (SSSR count). The Morgan fingerprint density at radius 1 is 0.808 bits per heavy atom. The monoisotopic (exact) mass is 435 g/mol. The van der Waals surface area contributed by atoms with E-state index < -0.39 is 33.8 Å². The quantitative estimate of drug-likeness (QED) is 0.267. The predicted octanol–water partition coefficient (Wildman–Crippen LogP) is 4.95. The molecule has 0 heterocycles. The van der Waals surface area contributed by atoms with Gasteiger partial charge in [-0.15, -0.1) is 0 Å². The Balaban J connectivity index is 5.14. The molecule has 1 N–H and O–H groups in total. The molecule has 0 atom stereocenters. The standard InChI is InChI=1S/C17H41NO4Si4/c1-16(2)17(19)18-14-12-13-15-26(20-23(3,4)5,21-24(6,7)8)22-25(9,10)11/h1,12-15H2,2-11H3,(H,18,19). The van der Waals surface area contributed by atoms with E-state index >= 15 is 0 Å². The molecule has 0 aliphatic rings. The summed E-state index contributed by atoms with van der Waals surface area (Å²) in [4.78, 5) is 11.6. The number of carbonyl (C=O) groups excluding carboxylic acids is 1. The van der Waals surface area contributed by atoms with E-state index in [1.807, 2.05) is 0 Å². The largest absolute Gasteiger partial charge is 0.469 e. The van der Waals surface area contributed by atoms with E-state index in [-0.39, 0.29) is 5.91 Å². The maximum atomic E-state index is 11.6. The van der Waals surface area contributed by atoms with Crippen molar-refractivity contribution < 1.29 is 17.1 Å². The van der Waals surface area contributed by atoms with E-state index in [0.717, 1.165) is 18.9 Å². The van der Waals surface area contributed by atoms with Gasteiger partial charge in [0.2, 0.25) is 5.91 Å². The molecule has 0 aromatic heterocycles. The summed E-state index contributed by atoms with van der Waals surface area (Å²) in [6.45, 7) is 25.8. The van der Waals surface area contributed by atoms with E-state index in [9.17, 15) is 4.79 Å². The van der Waals surface area contributed by atoms with Crippen molar-refractivity contribution in [2.75, 3.05) is 6.54 Å². The summed E-state index contributed by atoms with van der Waals surface area (Å²) in [6, 6.07) is 0.814. The van der Waals surface area contributed by atoms with Crippen molar-refractivity contribution in [2.24, 2.45) is 0 Å². The van der Waals surface area contributed by atoms with Crippen LogP contribution in [-0.2, 0) is 17.1 Å². The second-order valence-corrected chi connectivity index (χ2v) is 26.8. The van der Waals surface area contributed by atoms with Gasteiger partial charge < -0.3 is 17.7 Å². The van der Waals surface area contributed by atoms with Crippen LogP contribution in [0.25, 0.3) is 0 Å². The summed E-state index contributed by atoms with van der Waals surface area (Å²) >= 11 is 0. The normalized spacial score (nSPS) is 13.6. The van der Waals surface area contributed by atoms with Gasteiger partial charge in [-0.25, -0.2) is 0 Å². The number of carbonyl (C=O) groups is 1. The lowest BCUT2D eigenvalue weighted by Crippen LogP contribution is -2.60. The molecule has 26 heavy (non-hydrogen) atoms. The highest BCUT2D eigenvalue weighted by atomic mass is 28.5. The van der Waals surface area contributed by atoms with Gasteiger partial charge in [0.05, 0.1) is 0 Å². The maximum absolute atomic E-state index is 11.6. The first-order valence-electron chi connectivity index (χ1n) is 9.49. The first-order chi connectivity index (χ1) is 11.4. The molecule has 0 aromatic carbocycles. The Kier molecular flexibility index (Phi) is 9.93. The minimum absolute atomic E-state index is 0.0800. The van der Waals surface area contributed by atoms with Gasteiger partial charge in [0.1, 0.15) is 0 Å². The first-order valence-corrected chi connectivity index (χ1v) is 21.6. The fraction of sp³-hybridized carbons (Fsp3) is 0.824. The van der Waals surface area contributed by atoms with Crippen LogP contribution in [0, 0.1) is 0 Å². The third kappa shape index (κ3) is 13.2. The van der Waals surface area contributed by atoms with Crippen molar-refractivity contribution in [2.45, 2.75) is 84.7 Å². The Labute approximate surface area is 165 Å². The molecule has 0 saturated carbocycles. The summed E-state index contributed by atoms with van der Waals surface area (Å²) in [5, 5.41) is 2.89. The molecule has 0 aliphatic carbocycles. The van der Waals surface area contributed by atoms with E-state index in [4.69, 9.17) is 12.3 Å². The van der Waals surface area contributed by atoms with Crippen molar-refractivity contribution >= 4 is 39.7 Å². The average Bonchev–Trinajstić information content (AvgIpc) is 2.30. The highest BCUT2D eigenvalue weighted by molar-refractivity contribution is 6.90. The minimum Gasteiger partial charge on any atom is -0.417 e. The Morgan fingerprint density at radius 3 is 1.50 bits per heavy atom. The van der Waals surface area contributed by atoms with Gasteiger partial charge in [0.25, 0.3) is 0 Å². The van der Waals surface area contributed by atoms with Crippen molar-refractivity contribution in [3.63, 3.8) is 0 Å². The fourth-order valence-electron chi connectivity index (χ4n) is 2.43. The van der Waals surface area contributed by atoms with Crippen LogP contribution in [0.3, 0.4) is 0 Å². The molecule has 0 bridgehead atoms. The number of amides is 1. The molecule has 5 nitrogen and oxygen atoms in total. The molecule has 0 aromatic rings. The highest BCUT2D eigenvalue weighted by Crippen LogP contribution is 2.30. The number of hydrogen-bond donors (Lipinski definition) is 1. The maximum Gasteiger partial charge on any atom is 0.469 e. The van der Waals surface area contributed by atoms with Crippen LogP contribution in [0.15, 0.2) is 12.2 Å². The van der Waals surface area contributed by atoms with Crippen molar-refractivity contribution in [1.82, 2.24) is 5.32 Å². The fourth-order valence-corrected chi connectivity index (χ4v) is 17.2. The van der Waals surface area contributed by atoms with Gasteiger partial charge in [-0.05, 0) is 78.7 Å². The number of nitrogens with one attached hydrogen (secondary N) is 1. The molecule has 0 aliphatic heterocycles. The van der Waals surface area contributed by atoms with Crippen LogP contribution < -0.4 is 5.32 Å². The average molecular weight is 436 g/mol. The summed E-state index contributed by atoms with van der Waals surface area (Å²) in [5.41, 5.74) is 0.542. The van der Waals surface area contributed by atoms with Crippen LogP contribution in [0.5, 0.6) is 0 Å². The second-order valence-electron chi connectivity index (χ2n) is 9.82. The lowest BCUT2D eigenvalue weighted by Gasteiger charge is -2.43. The Morgan fingerprint density at radius 2 is 1.19 bits per heavy atom. The molecule has 154 valence electrons. The second kappa shape index (κ2) is 9.94. The minimum atomic E-state index is -2.75. The lowest BCUT2D eigenvalue weighted by atomic mass is 10.3. The van der Waals surface area contributed by atoms with Crippen molar-refractivity contribution in [3.05, 3.63) is 12.2 Å². The summed E-state index contributed by atoms with van der Waals surface area (Å²) in [6.07, 6.45) is 1.80. The van der Waals surface area contributed by atoms with Crippen molar-refractivity contribution in [3.8, 4) is 0 Å². The third-order valence-corrected chi connectivity index (χ3v) is 15.0. The Hall–Kier alpha value is -0.0425. The Bertz CT molecular complexity index is 438. The van der Waals surface area contributed by atoms with E-state index in [2.05, 4.69) is 70.8 Å². The zero-order valence-electron chi connectivity index (χ0n) is 18.7. The molecule has 0 saturated heterocycles. The van der Waals surface area contributed by atoms with Gasteiger partial charge >= 0.3 is 8.80 Å². The number of hydrogen-bond acceptors (Lipinski definition) is 4.